The number of methoxy groups -OCH3 is 3. The summed E-state index contributed by atoms with van der Waals surface area (Å²) in [7, 11) is 4.42. The number of esters is 1. The third-order valence-electron chi connectivity index (χ3n) is 5.59. The molecule has 0 unspecified atom stereocenters. The first kappa shape index (κ1) is 21.9. The van der Waals surface area contributed by atoms with Gasteiger partial charge in [0.05, 0.1) is 26.9 Å². The monoisotopic (exact) mass is 393 g/mol. The summed E-state index contributed by atoms with van der Waals surface area (Å²) in [5.74, 6) is 1.12. The van der Waals surface area contributed by atoms with Crippen LogP contribution in [0.25, 0.3) is 0 Å². The van der Waals surface area contributed by atoms with E-state index in [1.54, 1.807) is 6.92 Å². The Morgan fingerprint density at radius 3 is 2.18 bits per heavy atom. The highest BCUT2D eigenvalue weighted by Crippen LogP contribution is 2.38. The third kappa shape index (κ3) is 4.88. The quantitative estimate of drug-likeness (QED) is 0.717. The fourth-order valence-corrected chi connectivity index (χ4v) is 3.57. The molecular weight excluding hydrogens is 362 g/mol. The number of benzene rings is 1. The lowest BCUT2D eigenvalue weighted by Gasteiger charge is -2.35. The van der Waals surface area contributed by atoms with E-state index in [1.165, 1.54) is 39.9 Å². The van der Waals surface area contributed by atoms with Gasteiger partial charge in [-0.1, -0.05) is 26.7 Å². The van der Waals surface area contributed by atoms with Gasteiger partial charge >= 0.3 is 5.97 Å². The maximum absolute atomic E-state index is 12.5. The predicted octanol–water partition coefficient (Wildman–Crippen LogP) is 3.20. The molecule has 2 rings (SSSR count). The van der Waals surface area contributed by atoms with E-state index in [-0.39, 0.29) is 17.5 Å². The lowest BCUT2D eigenvalue weighted by molar-refractivity contribution is -0.130. The summed E-state index contributed by atoms with van der Waals surface area (Å²) in [6, 6.07) is 3.11. The molecule has 7 nitrogen and oxygen atoms in total. The molecule has 156 valence electrons. The SMILES string of the molecule is COc1cc(C(=O)O[C@H](C)C(=O)N[C@H]2CCC[C@H](C)[C@H]2C)cc(OC)c1OC. The van der Waals surface area contributed by atoms with Crippen LogP contribution in [-0.2, 0) is 9.53 Å². The van der Waals surface area contributed by atoms with Crippen LogP contribution >= 0.6 is 0 Å². The van der Waals surface area contributed by atoms with Crippen molar-refractivity contribution in [2.24, 2.45) is 11.8 Å². The highest BCUT2D eigenvalue weighted by Gasteiger charge is 2.30. The summed E-state index contributed by atoms with van der Waals surface area (Å²) < 4.78 is 21.1. The van der Waals surface area contributed by atoms with Crippen LogP contribution in [0.4, 0.5) is 0 Å². The van der Waals surface area contributed by atoms with Crippen molar-refractivity contribution in [3.8, 4) is 17.2 Å². The van der Waals surface area contributed by atoms with Crippen LogP contribution in [-0.4, -0.2) is 45.4 Å². The standard InChI is InChI=1S/C21H31NO6/c1-12-8-7-9-16(13(12)2)22-20(23)14(3)28-21(24)15-10-17(25-4)19(27-6)18(11-15)26-5/h10-14,16H,7-9H2,1-6H3,(H,22,23)/t12-,13+,14+,16-/m0/s1. The molecule has 7 heteroatoms. The minimum absolute atomic E-state index is 0.110. The van der Waals surface area contributed by atoms with Gasteiger partial charge in [0.25, 0.3) is 5.91 Å². The Morgan fingerprint density at radius 1 is 1.04 bits per heavy atom. The van der Waals surface area contributed by atoms with E-state index in [4.69, 9.17) is 18.9 Å². The lowest BCUT2D eigenvalue weighted by atomic mass is 9.78. The summed E-state index contributed by atoms with van der Waals surface area (Å²) in [5.41, 5.74) is 0.216. The van der Waals surface area contributed by atoms with Gasteiger partial charge < -0.3 is 24.3 Å². The second kappa shape index (κ2) is 9.66. The summed E-state index contributed by atoms with van der Waals surface area (Å²) in [4.78, 5) is 25.1. The zero-order chi connectivity index (χ0) is 20.8. The Kier molecular flexibility index (Phi) is 7.54. The molecule has 0 aromatic heterocycles. The molecule has 0 spiro atoms. The van der Waals surface area contributed by atoms with Crippen molar-refractivity contribution in [2.75, 3.05) is 21.3 Å². The summed E-state index contributed by atoms with van der Waals surface area (Å²) >= 11 is 0. The van der Waals surface area contributed by atoms with Crippen LogP contribution in [0.5, 0.6) is 17.2 Å². The van der Waals surface area contributed by atoms with Crippen LogP contribution in [0, 0.1) is 11.8 Å². The number of rotatable bonds is 7. The van der Waals surface area contributed by atoms with Crippen molar-refractivity contribution in [1.29, 1.82) is 0 Å². The van der Waals surface area contributed by atoms with Crippen molar-refractivity contribution >= 4 is 11.9 Å². The van der Waals surface area contributed by atoms with Crippen molar-refractivity contribution in [3.05, 3.63) is 17.7 Å². The first-order valence-corrected chi connectivity index (χ1v) is 9.63. The molecule has 0 saturated heterocycles. The van der Waals surface area contributed by atoms with Crippen molar-refractivity contribution < 1.29 is 28.5 Å². The van der Waals surface area contributed by atoms with Gasteiger partial charge in [-0.25, -0.2) is 4.79 Å². The van der Waals surface area contributed by atoms with Crippen LogP contribution < -0.4 is 19.5 Å². The molecule has 1 aliphatic carbocycles. The van der Waals surface area contributed by atoms with Crippen molar-refractivity contribution in [2.45, 2.75) is 52.2 Å². The van der Waals surface area contributed by atoms with Crippen LogP contribution in [0.2, 0.25) is 0 Å². The Bertz CT molecular complexity index is 679. The molecule has 1 aliphatic rings. The van der Waals surface area contributed by atoms with Gasteiger partial charge in [-0.3, -0.25) is 4.79 Å². The van der Waals surface area contributed by atoms with E-state index in [0.29, 0.717) is 29.1 Å². The first-order chi connectivity index (χ1) is 13.3. The highest BCUT2D eigenvalue weighted by atomic mass is 16.5. The molecule has 1 fully saturated rings. The molecule has 0 radical (unpaired) electrons. The molecule has 1 aromatic carbocycles. The molecule has 1 N–H and O–H groups in total. The number of ether oxygens (including phenoxy) is 4. The number of nitrogens with one attached hydrogen (secondary N) is 1. The maximum Gasteiger partial charge on any atom is 0.339 e. The van der Waals surface area contributed by atoms with E-state index in [0.717, 1.165) is 12.8 Å². The zero-order valence-electron chi connectivity index (χ0n) is 17.5. The normalized spacial score (nSPS) is 22.7. The van der Waals surface area contributed by atoms with Crippen molar-refractivity contribution in [1.82, 2.24) is 5.32 Å². The summed E-state index contributed by atoms with van der Waals surface area (Å²) in [6.07, 6.45) is 2.32. The van der Waals surface area contributed by atoms with E-state index < -0.39 is 12.1 Å². The Hall–Kier alpha value is -2.44. The third-order valence-corrected chi connectivity index (χ3v) is 5.59. The molecule has 0 aliphatic heterocycles. The average Bonchev–Trinajstić information content (AvgIpc) is 2.69. The van der Waals surface area contributed by atoms with E-state index in [9.17, 15) is 9.59 Å². The average molecular weight is 393 g/mol. The minimum atomic E-state index is -0.906. The van der Waals surface area contributed by atoms with Gasteiger partial charge in [-0.05, 0) is 37.3 Å². The molecule has 1 amide bonds. The molecule has 28 heavy (non-hydrogen) atoms. The van der Waals surface area contributed by atoms with Crippen LogP contribution in [0.15, 0.2) is 12.1 Å². The van der Waals surface area contributed by atoms with Gasteiger partial charge in [0.15, 0.2) is 17.6 Å². The first-order valence-electron chi connectivity index (χ1n) is 9.63. The molecule has 4 atom stereocenters. The Balaban J connectivity index is 2.06. The summed E-state index contributed by atoms with van der Waals surface area (Å²) in [6.45, 7) is 5.93. The topological polar surface area (TPSA) is 83.1 Å². The van der Waals surface area contributed by atoms with E-state index >= 15 is 0 Å². The molecule has 1 aromatic rings. The number of hydrogen-bond acceptors (Lipinski definition) is 6. The fourth-order valence-electron chi connectivity index (χ4n) is 3.57. The number of carbonyl (C=O) groups excluding carboxylic acids is 2. The molecule has 1 saturated carbocycles. The van der Waals surface area contributed by atoms with Crippen LogP contribution in [0.3, 0.4) is 0 Å². The second-order valence-electron chi connectivity index (χ2n) is 7.34. The van der Waals surface area contributed by atoms with E-state index in [2.05, 4.69) is 19.2 Å². The Labute approximate surface area is 166 Å². The van der Waals surface area contributed by atoms with Gasteiger partial charge in [0.2, 0.25) is 5.75 Å². The van der Waals surface area contributed by atoms with Crippen molar-refractivity contribution in [3.63, 3.8) is 0 Å². The predicted molar refractivity (Wildman–Crippen MR) is 105 cm³/mol. The number of carbonyl (C=O) groups is 2. The van der Waals surface area contributed by atoms with Crippen LogP contribution in [0.1, 0.15) is 50.4 Å². The Morgan fingerprint density at radius 2 is 1.64 bits per heavy atom. The smallest absolute Gasteiger partial charge is 0.339 e. The lowest BCUT2D eigenvalue weighted by Crippen LogP contribution is -2.47. The molecule has 0 bridgehead atoms. The number of hydrogen-bond donors (Lipinski definition) is 1. The minimum Gasteiger partial charge on any atom is -0.493 e. The maximum atomic E-state index is 12.5. The number of amides is 1. The molecular formula is C21H31NO6. The van der Waals surface area contributed by atoms with Gasteiger partial charge in [-0.2, -0.15) is 0 Å². The zero-order valence-corrected chi connectivity index (χ0v) is 17.5. The molecule has 0 heterocycles. The fraction of sp³-hybridized carbons (Fsp3) is 0.619. The van der Waals surface area contributed by atoms with E-state index in [1.807, 2.05) is 0 Å². The summed E-state index contributed by atoms with van der Waals surface area (Å²) in [5, 5.41) is 3.03. The largest absolute Gasteiger partial charge is 0.493 e. The van der Waals surface area contributed by atoms with Gasteiger partial charge in [0, 0.05) is 6.04 Å². The van der Waals surface area contributed by atoms with Gasteiger partial charge in [-0.15, -0.1) is 0 Å². The highest BCUT2D eigenvalue weighted by molar-refractivity contribution is 5.93. The van der Waals surface area contributed by atoms with Gasteiger partial charge in [0.1, 0.15) is 0 Å². The second-order valence-corrected chi connectivity index (χ2v) is 7.34.